The number of amides is 1. The number of nitrogens with one attached hydrogen (secondary N) is 1. The van der Waals surface area contributed by atoms with Crippen LogP contribution >= 0.6 is 23.2 Å². The summed E-state index contributed by atoms with van der Waals surface area (Å²) >= 11 is 11.8. The topological polar surface area (TPSA) is 56.8 Å². The largest absolute Gasteiger partial charge is 0.493 e. The molecule has 0 heterocycles. The first-order valence-electron chi connectivity index (χ1n) is 7.22. The molecule has 2 aromatic carbocycles. The maximum absolute atomic E-state index is 12.1. The van der Waals surface area contributed by atoms with E-state index in [1.165, 1.54) is 27.4 Å². The van der Waals surface area contributed by atoms with Crippen LogP contribution in [0.2, 0.25) is 10.0 Å². The Labute approximate surface area is 156 Å². The number of halogens is 2. The van der Waals surface area contributed by atoms with Crippen molar-refractivity contribution >= 4 is 40.9 Å². The number of methoxy groups -OCH3 is 3. The number of hydrogen-bond acceptors (Lipinski definition) is 4. The third kappa shape index (κ3) is 4.81. The molecule has 0 saturated heterocycles. The number of carbonyl (C=O) groups excluding carboxylic acids is 1. The zero-order chi connectivity index (χ0) is 18.4. The second-order valence-corrected chi connectivity index (χ2v) is 5.72. The van der Waals surface area contributed by atoms with E-state index >= 15 is 0 Å². The molecule has 132 valence electrons. The fourth-order valence-corrected chi connectivity index (χ4v) is 2.43. The second kappa shape index (κ2) is 8.65. The molecule has 0 bridgehead atoms. The van der Waals surface area contributed by atoms with Gasteiger partial charge >= 0.3 is 0 Å². The van der Waals surface area contributed by atoms with Gasteiger partial charge in [0, 0.05) is 23.9 Å². The van der Waals surface area contributed by atoms with Crippen LogP contribution in [0.5, 0.6) is 17.2 Å². The molecule has 2 rings (SSSR count). The summed E-state index contributed by atoms with van der Waals surface area (Å²) in [6.45, 7) is 0. The standard InChI is InChI=1S/C18H17Cl2NO4/c1-23-15-9-12(10-16(24-2)18(15)25-3)21-17(22)7-5-11-4-6-13(19)14(20)8-11/h4-10H,1-3H3,(H,21,22)/b7-5+. The third-order valence-corrected chi connectivity index (χ3v) is 4.04. The maximum atomic E-state index is 12.1. The smallest absolute Gasteiger partial charge is 0.248 e. The summed E-state index contributed by atoms with van der Waals surface area (Å²) in [6.07, 6.45) is 3.03. The fourth-order valence-electron chi connectivity index (χ4n) is 2.13. The Morgan fingerprint density at radius 2 is 1.60 bits per heavy atom. The second-order valence-electron chi connectivity index (χ2n) is 4.91. The summed E-state index contributed by atoms with van der Waals surface area (Å²) in [7, 11) is 4.53. The van der Waals surface area contributed by atoms with Crippen molar-refractivity contribution < 1.29 is 19.0 Å². The molecule has 0 saturated carbocycles. The van der Waals surface area contributed by atoms with Crippen LogP contribution in [0, 0.1) is 0 Å². The minimum absolute atomic E-state index is 0.319. The molecular weight excluding hydrogens is 365 g/mol. The van der Waals surface area contributed by atoms with E-state index in [1.807, 2.05) is 0 Å². The Hall–Kier alpha value is -2.37. The van der Waals surface area contributed by atoms with E-state index in [1.54, 1.807) is 36.4 Å². The average molecular weight is 382 g/mol. The fraction of sp³-hybridized carbons (Fsp3) is 0.167. The number of ether oxygens (including phenoxy) is 3. The first-order valence-corrected chi connectivity index (χ1v) is 7.98. The number of benzene rings is 2. The molecule has 0 aliphatic heterocycles. The van der Waals surface area contributed by atoms with Gasteiger partial charge in [-0.2, -0.15) is 0 Å². The van der Waals surface area contributed by atoms with Crippen LogP contribution in [-0.2, 0) is 4.79 Å². The van der Waals surface area contributed by atoms with Crippen molar-refractivity contribution in [2.45, 2.75) is 0 Å². The Bertz CT molecular complexity index is 781. The first kappa shape index (κ1) is 19.0. The van der Waals surface area contributed by atoms with Crippen molar-refractivity contribution in [3.8, 4) is 17.2 Å². The minimum Gasteiger partial charge on any atom is -0.493 e. The molecule has 0 unspecified atom stereocenters. The van der Waals surface area contributed by atoms with Crippen molar-refractivity contribution in [1.82, 2.24) is 0 Å². The number of anilines is 1. The highest BCUT2D eigenvalue weighted by molar-refractivity contribution is 6.42. The molecule has 0 aliphatic carbocycles. The highest BCUT2D eigenvalue weighted by Crippen LogP contribution is 2.39. The van der Waals surface area contributed by atoms with Crippen LogP contribution in [0.3, 0.4) is 0 Å². The zero-order valence-corrected chi connectivity index (χ0v) is 15.4. The predicted octanol–water partition coefficient (Wildman–Crippen LogP) is 4.67. The van der Waals surface area contributed by atoms with Gasteiger partial charge in [0.15, 0.2) is 11.5 Å². The average Bonchev–Trinajstić information content (AvgIpc) is 2.61. The molecule has 1 N–H and O–H groups in total. The lowest BCUT2D eigenvalue weighted by Gasteiger charge is -2.14. The van der Waals surface area contributed by atoms with Gasteiger partial charge < -0.3 is 19.5 Å². The number of rotatable bonds is 6. The molecule has 5 nitrogen and oxygen atoms in total. The lowest BCUT2D eigenvalue weighted by Crippen LogP contribution is -2.08. The van der Waals surface area contributed by atoms with Crippen molar-refractivity contribution in [3.05, 3.63) is 52.0 Å². The minimum atomic E-state index is -0.319. The van der Waals surface area contributed by atoms with Crippen LogP contribution < -0.4 is 19.5 Å². The molecule has 25 heavy (non-hydrogen) atoms. The monoisotopic (exact) mass is 381 g/mol. The molecule has 0 spiro atoms. The van der Waals surface area contributed by atoms with E-state index in [9.17, 15) is 4.79 Å². The van der Waals surface area contributed by atoms with Crippen LogP contribution in [0.15, 0.2) is 36.4 Å². The zero-order valence-electron chi connectivity index (χ0n) is 13.9. The molecule has 1 amide bonds. The normalized spacial score (nSPS) is 10.6. The van der Waals surface area contributed by atoms with Gasteiger partial charge in [0.1, 0.15) is 0 Å². The first-order chi connectivity index (χ1) is 12.0. The summed E-state index contributed by atoms with van der Waals surface area (Å²) in [5.74, 6) is 1.03. The van der Waals surface area contributed by atoms with E-state index in [4.69, 9.17) is 37.4 Å². The number of carbonyl (C=O) groups is 1. The summed E-state index contributed by atoms with van der Waals surface area (Å²) in [5, 5.41) is 3.62. The molecule has 0 aromatic heterocycles. The number of hydrogen-bond donors (Lipinski definition) is 1. The van der Waals surface area contributed by atoms with Crippen molar-refractivity contribution in [2.75, 3.05) is 26.6 Å². The highest BCUT2D eigenvalue weighted by Gasteiger charge is 2.13. The Morgan fingerprint density at radius 1 is 0.960 bits per heavy atom. The molecule has 0 radical (unpaired) electrons. The van der Waals surface area contributed by atoms with E-state index in [-0.39, 0.29) is 5.91 Å². The molecule has 0 fully saturated rings. The van der Waals surface area contributed by atoms with Crippen LogP contribution in [0.4, 0.5) is 5.69 Å². The van der Waals surface area contributed by atoms with Crippen molar-refractivity contribution in [2.24, 2.45) is 0 Å². The quantitative estimate of drug-likeness (QED) is 0.738. The van der Waals surface area contributed by atoms with E-state index < -0.39 is 0 Å². The van der Waals surface area contributed by atoms with Gasteiger partial charge in [-0.15, -0.1) is 0 Å². The molecule has 0 aliphatic rings. The SMILES string of the molecule is COc1cc(NC(=O)/C=C/c2ccc(Cl)c(Cl)c2)cc(OC)c1OC. The van der Waals surface area contributed by atoms with E-state index in [0.29, 0.717) is 33.0 Å². The van der Waals surface area contributed by atoms with Gasteiger partial charge in [0.2, 0.25) is 11.7 Å². The summed E-state index contributed by atoms with van der Waals surface area (Å²) in [4.78, 5) is 12.1. The van der Waals surface area contributed by atoms with Gasteiger partial charge in [0.05, 0.1) is 31.4 Å². The summed E-state index contributed by atoms with van der Waals surface area (Å²) < 4.78 is 15.8. The van der Waals surface area contributed by atoms with Gasteiger partial charge in [-0.1, -0.05) is 29.3 Å². The highest BCUT2D eigenvalue weighted by atomic mass is 35.5. The molecular formula is C18H17Cl2NO4. The maximum Gasteiger partial charge on any atom is 0.248 e. The van der Waals surface area contributed by atoms with Crippen LogP contribution in [0.25, 0.3) is 6.08 Å². The van der Waals surface area contributed by atoms with Gasteiger partial charge in [-0.25, -0.2) is 0 Å². The van der Waals surface area contributed by atoms with Crippen LogP contribution in [0.1, 0.15) is 5.56 Å². The van der Waals surface area contributed by atoms with Gasteiger partial charge in [-0.05, 0) is 23.8 Å². The van der Waals surface area contributed by atoms with Crippen LogP contribution in [-0.4, -0.2) is 27.2 Å². The summed E-state index contributed by atoms with van der Waals surface area (Å²) in [6, 6.07) is 8.39. The predicted molar refractivity (Wildman–Crippen MR) is 100 cm³/mol. The molecule has 0 atom stereocenters. The Balaban J connectivity index is 2.17. The Kier molecular flexibility index (Phi) is 6.56. The lowest BCUT2D eigenvalue weighted by atomic mass is 10.2. The van der Waals surface area contributed by atoms with E-state index in [0.717, 1.165) is 5.56 Å². The summed E-state index contributed by atoms with van der Waals surface area (Å²) in [5.41, 5.74) is 1.27. The van der Waals surface area contributed by atoms with Crippen molar-refractivity contribution in [3.63, 3.8) is 0 Å². The third-order valence-electron chi connectivity index (χ3n) is 3.30. The Morgan fingerprint density at radius 3 is 2.12 bits per heavy atom. The molecule has 2 aromatic rings. The lowest BCUT2D eigenvalue weighted by molar-refractivity contribution is -0.111. The van der Waals surface area contributed by atoms with Crippen molar-refractivity contribution in [1.29, 1.82) is 0 Å². The molecule has 7 heteroatoms. The van der Waals surface area contributed by atoms with Gasteiger partial charge in [-0.3, -0.25) is 4.79 Å². The van der Waals surface area contributed by atoms with E-state index in [2.05, 4.69) is 5.32 Å². The van der Waals surface area contributed by atoms with Gasteiger partial charge in [0.25, 0.3) is 0 Å².